The van der Waals surface area contributed by atoms with Crippen molar-refractivity contribution in [1.29, 1.82) is 0 Å². The van der Waals surface area contributed by atoms with E-state index in [9.17, 15) is 8.42 Å². The zero-order valence-corrected chi connectivity index (χ0v) is 15.2. The second kappa shape index (κ2) is 7.17. The maximum atomic E-state index is 12.4. The third-order valence-electron chi connectivity index (χ3n) is 3.44. The number of ether oxygens (including phenoxy) is 1. The first-order valence-corrected chi connectivity index (χ1v) is 9.31. The van der Waals surface area contributed by atoms with Gasteiger partial charge in [-0.3, -0.25) is 9.67 Å². The van der Waals surface area contributed by atoms with Gasteiger partial charge in [-0.2, -0.15) is 5.10 Å². The SMILES string of the molecule is COc1cncc(/C=C/CCS(=O)(=O)c2cnn(C(C)(C)C)c2)c1. The average Bonchev–Trinajstić information content (AvgIpc) is 3.03. The van der Waals surface area contributed by atoms with Gasteiger partial charge in [0.05, 0.1) is 30.8 Å². The zero-order valence-electron chi connectivity index (χ0n) is 14.4. The molecule has 24 heavy (non-hydrogen) atoms. The maximum absolute atomic E-state index is 12.4. The van der Waals surface area contributed by atoms with Gasteiger partial charge in [0.15, 0.2) is 9.84 Å². The van der Waals surface area contributed by atoms with E-state index in [1.807, 2.05) is 39.0 Å². The number of allylic oxidation sites excluding steroid dienone is 1. The summed E-state index contributed by atoms with van der Waals surface area (Å²) in [5.41, 5.74) is 0.625. The highest BCUT2D eigenvalue weighted by Crippen LogP contribution is 2.18. The molecular formula is C17H23N3O3S. The van der Waals surface area contributed by atoms with Crippen LogP contribution in [0.3, 0.4) is 0 Å². The summed E-state index contributed by atoms with van der Waals surface area (Å²) in [6.07, 6.45) is 10.4. The molecule has 0 N–H and O–H groups in total. The summed E-state index contributed by atoms with van der Waals surface area (Å²) in [5.74, 6) is 0.705. The van der Waals surface area contributed by atoms with Gasteiger partial charge in [-0.05, 0) is 38.8 Å². The molecule has 0 aromatic carbocycles. The minimum atomic E-state index is -3.34. The van der Waals surface area contributed by atoms with Crippen LogP contribution in [0.1, 0.15) is 32.8 Å². The summed E-state index contributed by atoms with van der Waals surface area (Å²) in [5, 5.41) is 4.15. The van der Waals surface area contributed by atoms with Crippen molar-refractivity contribution in [2.45, 2.75) is 37.6 Å². The fourth-order valence-corrected chi connectivity index (χ4v) is 3.18. The number of aromatic nitrogens is 3. The van der Waals surface area contributed by atoms with Gasteiger partial charge in [-0.15, -0.1) is 0 Å². The van der Waals surface area contributed by atoms with E-state index in [0.29, 0.717) is 12.2 Å². The first-order chi connectivity index (χ1) is 11.2. The van der Waals surface area contributed by atoms with Crippen LogP contribution in [-0.4, -0.2) is 36.0 Å². The molecule has 6 nitrogen and oxygen atoms in total. The Bertz CT molecular complexity index is 818. The van der Waals surface area contributed by atoms with Crippen LogP contribution in [0, 0.1) is 0 Å². The van der Waals surface area contributed by atoms with Crippen molar-refractivity contribution in [3.05, 3.63) is 42.5 Å². The summed E-state index contributed by atoms with van der Waals surface area (Å²) in [7, 11) is -1.76. The molecule has 0 atom stereocenters. The van der Waals surface area contributed by atoms with Crippen LogP contribution in [0.2, 0.25) is 0 Å². The fraction of sp³-hybridized carbons (Fsp3) is 0.412. The van der Waals surface area contributed by atoms with Gasteiger partial charge in [-0.1, -0.05) is 12.2 Å². The van der Waals surface area contributed by atoms with E-state index in [4.69, 9.17) is 4.74 Å². The van der Waals surface area contributed by atoms with Gasteiger partial charge in [0, 0.05) is 12.4 Å². The molecule has 0 saturated carbocycles. The molecule has 2 aromatic heterocycles. The number of sulfone groups is 1. The number of pyridine rings is 1. The molecule has 0 aliphatic carbocycles. The van der Waals surface area contributed by atoms with Crippen LogP contribution < -0.4 is 4.74 Å². The van der Waals surface area contributed by atoms with Crippen molar-refractivity contribution in [1.82, 2.24) is 14.8 Å². The molecule has 0 aliphatic rings. The van der Waals surface area contributed by atoms with Crippen LogP contribution in [0.4, 0.5) is 0 Å². The van der Waals surface area contributed by atoms with E-state index in [0.717, 1.165) is 5.56 Å². The third kappa shape index (κ3) is 4.67. The number of methoxy groups -OCH3 is 1. The molecular weight excluding hydrogens is 326 g/mol. The van der Waals surface area contributed by atoms with Crippen LogP contribution in [0.25, 0.3) is 6.08 Å². The van der Waals surface area contributed by atoms with Crippen molar-refractivity contribution in [3.8, 4) is 5.75 Å². The van der Waals surface area contributed by atoms with Crippen molar-refractivity contribution < 1.29 is 13.2 Å². The molecule has 2 heterocycles. The highest BCUT2D eigenvalue weighted by atomic mass is 32.2. The van der Waals surface area contributed by atoms with Crippen molar-refractivity contribution in [3.63, 3.8) is 0 Å². The van der Waals surface area contributed by atoms with E-state index in [-0.39, 0.29) is 16.2 Å². The van der Waals surface area contributed by atoms with Gasteiger partial charge in [0.25, 0.3) is 0 Å². The molecule has 130 valence electrons. The zero-order chi connectivity index (χ0) is 17.8. The summed E-state index contributed by atoms with van der Waals surface area (Å²) in [6, 6.07) is 1.84. The van der Waals surface area contributed by atoms with Crippen molar-refractivity contribution in [2.24, 2.45) is 0 Å². The topological polar surface area (TPSA) is 74.1 Å². The van der Waals surface area contributed by atoms with Crippen LogP contribution in [0.5, 0.6) is 5.75 Å². The Hall–Kier alpha value is -2.15. The molecule has 0 unspecified atom stereocenters. The second-order valence-electron chi connectivity index (χ2n) is 6.46. The van der Waals surface area contributed by atoms with Gasteiger partial charge in [-0.25, -0.2) is 8.42 Å². The van der Waals surface area contributed by atoms with E-state index < -0.39 is 9.84 Å². The van der Waals surface area contributed by atoms with Gasteiger partial charge >= 0.3 is 0 Å². The fourth-order valence-electron chi connectivity index (χ4n) is 2.03. The molecule has 2 rings (SSSR count). The minimum Gasteiger partial charge on any atom is -0.495 e. The van der Waals surface area contributed by atoms with Crippen LogP contribution in [-0.2, 0) is 15.4 Å². The highest BCUT2D eigenvalue weighted by molar-refractivity contribution is 7.91. The summed E-state index contributed by atoms with van der Waals surface area (Å²) < 4.78 is 31.5. The Morgan fingerprint density at radius 3 is 2.62 bits per heavy atom. The normalized spacial score (nSPS) is 12.7. The summed E-state index contributed by atoms with van der Waals surface area (Å²) in [4.78, 5) is 4.31. The van der Waals surface area contributed by atoms with Crippen LogP contribution in [0.15, 0.2) is 41.8 Å². The molecule has 0 bridgehead atoms. The smallest absolute Gasteiger partial charge is 0.181 e. The molecule has 0 amide bonds. The Labute approximate surface area is 143 Å². The average molecular weight is 349 g/mol. The van der Waals surface area contributed by atoms with Crippen LogP contribution >= 0.6 is 0 Å². The lowest BCUT2D eigenvalue weighted by Gasteiger charge is -2.18. The van der Waals surface area contributed by atoms with E-state index in [1.54, 1.807) is 30.4 Å². The second-order valence-corrected chi connectivity index (χ2v) is 8.57. The Morgan fingerprint density at radius 2 is 2.00 bits per heavy atom. The van der Waals surface area contributed by atoms with Gasteiger partial charge < -0.3 is 4.74 Å². The highest BCUT2D eigenvalue weighted by Gasteiger charge is 2.20. The number of hydrogen-bond acceptors (Lipinski definition) is 5. The monoisotopic (exact) mass is 349 g/mol. The molecule has 0 spiro atoms. The summed E-state index contributed by atoms with van der Waals surface area (Å²) in [6.45, 7) is 5.92. The first kappa shape index (κ1) is 18.2. The Morgan fingerprint density at radius 1 is 1.25 bits per heavy atom. The predicted octanol–water partition coefficient (Wildman–Crippen LogP) is 2.92. The molecule has 7 heteroatoms. The molecule has 2 aromatic rings. The third-order valence-corrected chi connectivity index (χ3v) is 5.14. The molecule has 0 radical (unpaired) electrons. The lowest BCUT2D eigenvalue weighted by molar-refractivity contribution is 0.355. The lowest BCUT2D eigenvalue weighted by Crippen LogP contribution is -2.22. The summed E-state index contributed by atoms with van der Waals surface area (Å²) >= 11 is 0. The lowest BCUT2D eigenvalue weighted by atomic mass is 10.1. The number of rotatable bonds is 6. The first-order valence-electron chi connectivity index (χ1n) is 7.66. The van der Waals surface area contributed by atoms with Crippen molar-refractivity contribution >= 4 is 15.9 Å². The largest absolute Gasteiger partial charge is 0.495 e. The molecule has 0 aliphatic heterocycles. The minimum absolute atomic E-state index is 0.0384. The van der Waals surface area contributed by atoms with Gasteiger partial charge in [0.1, 0.15) is 10.6 Å². The van der Waals surface area contributed by atoms with Gasteiger partial charge in [0.2, 0.25) is 0 Å². The van der Waals surface area contributed by atoms with E-state index >= 15 is 0 Å². The maximum Gasteiger partial charge on any atom is 0.181 e. The Kier molecular flexibility index (Phi) is 5.43. The van der Waals surface area contributed by atoms with E-state index in [2.05, 4.69) is 10.1 Å². The number of nitrogens with zero attached hydrogens (tertiary/aromatic N) is 3. The molecule has 0 saturated heterocycles. The van der Waals surface area contributed by atoms with E-state index in [1.165, 1.54) is 6.20 Å². The Balaban J connectivity index is 2.00. The molecule has 0 fully saturated rings. The quantitative estimate of drug-likeness (QED) is 0.801. The number of hydrogen-bond donors (Lipinski definition) is 0. The predicted molar refractivity (Wildman–Crippen MR) is 93.7 cm³/mol. The van der Waals surface area contributed by atoms with Crippen molar-refractivity contribution in [2.75, 3.05) is 12.9 Å². The standard InChI is InChI=1S/C17H23N3O3S/c1-17(2,3)20-13-16(12-19-20)24(21,22)8-6-5-7-14-9-15(23-4)11-18-10-14/h5,7,9-13H,6,8H2,1-4H3/b7-5+.